The second kappa shape index (κ2) is 11.5. The molecule has 0 bridgehead atoms. The first-order valence-corrected chi connectivity index (χ1v) is 12.9. The minimum absolute atomic E-state index is 0.223. The van der Waals surface area contributed by atoms with Gasteiger partial charge in [-0.25, -0.2) is 9.97 Å². The predicted octanol–water partition coefficient (Wildman–Crippen LogP) is 3.43. The van der Waals surface area contributed by atoms with Gasteiger partial charge in [0, 0.05) is 45.5 Å². The first kappa shape index (κ1) is 24.3. The number of aliphatic hydroxyl groups is 1. The second-order valence-corrected chi connectivity index (χ2v) is 9.85. The van der Waals surface area contributed by atoms with E-state index in [1.807, 2.05) is 24.3 Å². The van der Waals surface area contributed by atoms with Crippen LogP contribution in [-0.2, 0) is 13.2 Å². The van der Waals surface area contributed by atoms with Gasteiger partial charge < -0.3 is 9.84 Å². The van der Waals surface area contributed by atoms with Crippen LogP contribution in [0.3, 0.4) is 0 Å². The smallest absolute Gasteiger partial charge is 0.316 e. The molecule has 4 aromatic rings. The SMILES string of the molecule is N#CC(c1ccnc(OCc2ccc(CN3CCN(CCO)CC3)cc2)n1)c1nc2ccccc2s1. The van der Waals surface area contributed by atoms with E-state index in [0.717, 1.165) is 55.0 Å². The van der Waals surface area contributed by atoms with Crippen molar-refractivity contribution in [3.05, 3.63) is 82.6 Å². The first-order valence-electron chi connectivity index (χ1n) is 12.1. The molecule has 0 radical (unpaired) electrons. The lowest BCUT2D eigenvalue weighted by Gasteiger charge is -2.34. The number of piperazine rings is 1. The Morgan fingerprint density at radius 2 is 1.72 bits per heavy atom. The summed E-state index contributed by atoms with van der Waals surface area (Å²) < 4.78 is 6.91. The molecule has 5 rings (SSSR count). The lowest BCUT2D eigenvalue weighted by molar-refractivity contribution is 0.108. The van der Waals surface area contributed by atoms with Crippen LogP contribution in [0, 0.1) is 11.3 Å². The summed E-state index contributed by atoms with van der Waals surface area (Å²) >= 11 is 1.51. The van der Waals surface area contributed by atoms with E-state index in [9.17, 15) is 5.26 Å². The number of nitrogens with zero attached hydrogens (tertiary/aromatic N) is 6. The molecule has 1 atom stereocenters. The highest BCUT2D eigenvalue weighted by Gasteiger charge is 2.21. The second-order valence-electron chi connectivity index (χ2n) is 8.79. The summed E-state index contributed by atoms with van der Waals surface area (Å²) in [5.74, 6) is -0.572. The maximum atomic E-state index is 9.84. The molecule has 2 aromatic heterocycles. The van der Waals surface area contributed by atoms with Gasteiger partial charge in [0.1, 0.15) is 17.5 Å². The number of para-hydroxylation sites is 1. The van der Waals surface area contributed by atoms with Crippen LogP contribution in [-0.4, -0.2) is 69.2 Å². The highest BCUT2D eigenvalue weighted by atomic mass is 32.1. The zero-order valence-corrected chi connectivity index (χ0v) is 20.8. The number of thiazole rings is 1. The highest BCUT2D eigenvalue weighted by Crippen LogP contribution is 2.31. The summed E-state index contributed by atoms with van der Waals surface area (Å²) in [6.07, 6.45) is 1.62. The van der Waals surface area contributed by atoms with Crippen LogP contribution in [0.15, 0.2) is 60.8 Å². The molecule has 1 fully saturated rings. The Morgan fingerprint density at radius 3 is 2.47 bits per heavy atom. The quantitative estimate of drug-likeness (QED) is 0.373. The number of benzene rings is 2. The van der Waals surface area contributed by atoms with Gasteiger partial charge in [-0.2, -0.15) is 10.2 Å². The van der Waals surface area contributed by atoms with Gasteiger partial charge in [-0.05, 0) is 29.3 Å². The highest BCUT2D eigenvalue weighted by molar-refractivity contribution is 7.18. The van der Waals surface area contributed by atoms with E-state index >= 15 is 0 Å². The van der Waals surface area contributed by atoms with Crippen LogP contribution in [0.5, 0.6) is 6.01 Å². The molecule has 184 valence electrons. The number of aliphatic hydroxyl groups excluding tert-OH is 1. The summed E-state index contributed by atoms with van der Waals surface area (Å²) in [7, 11) is 0. The van der Waals surface area contributed by atoms with Crippen molar-refractivity contribution in [3.8, 4) is 12.1 Å². The topological polar surface area (TPSA) is 98.4 Å². The number of ether oxygens (including phenoxy) is 1. The third kappa shape index (κ3) is 5.86. The van der Waals surface area contributed by atoms with Gasteiger partial charge in [0.2, 0.25) is 0 Å². The fourth-order valence-corrected chi connectivity index (χ4v) is 5.33. The van der Waals surface area contributed by atoms with E-state index in [-0.39, 0.29) is 12.6 Å². The van der Waals surface area contributed by atoms with Gasteiger partial charge in [0.15, 0.2) is 0 Å². The Morgan fingerprint density at radius 1 is 0.972 bits per heavy atom. The Labute approximate surface area is 214 Å². The lowest BCUT2D eigenvalue weighted by Crippen LogP contribution is -2.46. The molecule has 1 aliphatic rings. The Bertz CT molecular complexity index is 1300. The molecule has 9 heteroatoms. The van der Waals surface area contributed by atoms with Crippen molar-refractivity contribution in [1.82, 2.24) is 24.8 Å². The van der Waals surface area contributed by atoms with Crippen molar-refractivity contribution in [2.75, 3.05) is 39.3 Å². The Balaban J connectivity index is 1.18. The van der Waals surface area contributed by atoms with Gasteiger partial charge in [0.05, 0.1) is 28.6 Å². The fourth-order valence-electron chi connectivity index (χ4n) is 4.31. The van der Waals surface area contributed by atoms with Gasteiger partial charge in [-0.1, -0.05) is 36.4 Å². The van der Waals surface area contributed by atoms with Gasteiger partial charge in [0.25, 0.3) is 0 Å². The molecule has 1 unspecified atom stereocenters. The maximum absolute atomic E-state index is 9.84. The molecule has 0 spiro atoms. The normalized spacial score (nSPS) is 15.6. The standard InChI is InChI=1S/C27H28N6O2S/c28-17-22(26-30-24-3-1-2-4-25(24)36-26)23-9-10-29-27(31-23)35-19-21-7-5-20(6-8-21)18-33-13-11-32(12-14-33)15-16-34/h1-10,22,34H,11-16,18-19H2. The molecule has 1 N–H and O–H groups in total. The van der Waals surface area contributed by atoms with Gasteiger partial charge >= 0.3 is 6.01 Å². The van der Waals surface area contributed by atoms with Crippen molar-refractivity contribution >= 4 is 21.6 Å². The van der Waals surface area contributed by atoms with Crippen LogP contribution in [0.25, 0.3) is 10.2 Å². The molecule has 0 amide bonds. The van der Waals surface area contributed by atoms with Crippen molar-refractivity contribution in [1.29, 1.82) is 5.26 Å². The van der Waals surface area contributed by atoms with E-state index in [2.05, 4.69) is 55.1 Å². The third-order valence-corrected chi connectivity index (χ3v) is 7.42. The van der Waals surface area contributed by atoms with Crippen molar-refractivity contribution < 1.29 is 9.84 Å². The van der Waals surface area contributed by atoms with E-state index in [1.165, 1.54) is 16.9 Å². The summed E-state index contributed by atoms with van der Waals surface area (Å²) in [4.78, 5) is 18.1. The molecule has 0 aliphatic carbocycles. The minimum atomic E-state index is -0.572. The van der Waals surface area contributed by atoms with Crippen LogP contribution in [0.2, 0.25) is 0 Å². The van der Waals surface area contributed by atoms with Crippen molar-refractivity contribution in [2.45, 2.75) is 19.1 Å². The third-order valence-electron chi connectivity index (χ3n) is 6.32. The summed E-state index contributed by atoms with van der Waals surface area (Å²) in [6, 6.07) is 20.6. The van der Waals surface area contributed by atoms with E-state index < -0.39 is 5.92 Å². The van der Waals surface area contributed by atoms with Crippen LogP contribution >= 0.6 is 11.3 Å². The molecule has 8 nitrogen and oxygen atoms in total. The average molecular weight is 501 g/mol. The zero-order chi connectivity index (χ0) is 24.7. The number of rotatable bonds is 9. The lowest BCUT2D eigenvalue weighted by atomic mass is 10.1. The Hall–Kier alpha value is -3.42. The number of aromatic nitrogens is 3. The molecule has 1 aliphatic heterocycles. The van der Waals surface area contributed by atoms with E-state index in [0.29, 0.717) is 17.3 Å². The Kier molecular flexibility index (Phi) is 7.79. The maximum Gasteiger partial charge on any atom is 0.316 e. The number of hydrogen-bond donors (Lipinski definition) is 1. The number of nitriles is 1. The molecule has 0 saturated carbocycles. The largest absolute Gasteiger partial charge is 0.459 e. The number of hydrogen-bond acceptors (Lipinski definition) is 9. The molecular weight excluding hydrogens is 472 g/mol. The van der Waals surface area contributed by atoms with Crippen LogP contribution in [0.1, 0.15) is 27.7 Å². The van der Waals surface area contributed by atoms with Gasteiger partial charge in [-0.15, -0.1) is 11.3 Å². The van der Waals surface area contributed by atoms with Crippen LogP contribution < -0.4 is 4.74 Å². The zero-order valence-electron chi connectivity index (χ0n) is 20.0. The molecule has 36 heavy (non-hydrogen) atoms. The molecule has 2 aromatic carbocycles. The average Bonchev–Trinajstić information content (AvgIpc) is 3.34. The number of fused-ring (bicyclic) bond motifs is 1. The summed E-state index contributed by atoms with van der Waals surface area (Å²) in [5, 5.41) is 19.6. The molecular formula is C27H28N6O2S. The molecule has 3 heterocycles. The fraction of sp³-hybridized carbons (Fsp3) is 0.333. The summed E-state index contributed by atoms with van der Waals surface area (Å²) in [5.41, 5.74) is 3.76. The van der Waals surface area contributed by atoms with Crippen LogP contribution in [0.4, 0.5) is 0 Å². The van der Waals surface area contributed by atoms with Crippen molar-refractivity contribution in [2.24, 2.45) is 0 Å². The monoisotopic (exact) mass is 500 g/mol. The van der Waals surface area contributed by atoms with E-state index in [4.69, 9.17) is 9.84 Å². The number of β-amino-alcohol motifs (C(OH)–C–C–N with tert-alkyl or cyclic N) is 1. The van der Waals surface area contributed by atoms with Crippen molar-refractivity contribution in [3.63, 3.8) is 0 Å². The predicted molar refractivity (Wildman–Crippen MR) is 139 cm³/mol. The minimum Gasteiger partial charge on any atom is -0.459 e. The van der Waals surface area contributed by atoms with E-state index in [1.54, 1.807) is 12.3 Å². The first-order chi connectivity index (χ1) is 17.7. The molecule has 1 saturated heterocycles. The summed E-state index contributed by atoms with van der Waals surface area (Å²) in [6.45, 7) is 6.27. The van der Waals surface area contributed by atoms with Gasteiger partial charge in [-0.3, -0.25) is 9.80 Å².